The molecule has 4 amide bonds. The van der Waals surface area contributed by atoms with Crippen molar-refractivity contribution < 1.29 is 33.6 Å². The van der Waals surface area contributed by atoms with Gasteiger partial charge in [0.1, 0.15) is 30.0 Å². The molecule has 3 aromatic carbocycles. The number of para-hydroxylation sites is 1. The molecule has 2 aliphatic heterocycles. The maximum atomic E-state index is 14.1. The number of unbranched alkanes of at least 4 members (excludes halogenated alkanes) is 4. The molecule has 0 radical (unpaired) electrons. The average molecular weight is 1070 g/mol. The standard InChI is InChI=1S/C54H70ClN10O7PS/c1-35-48(74-34-58-35)37-21-19-36(20-22-37)31-56-51(69)43-30-39(66)33-65(43)52(70)49(54(2,3)4)61-46(67)17-11-9-8-10-12-18-47(68)64-27-25-63(26-28-64)38-23-24-41(44(29-38)72-5)60-53-57-32-40(55)50(62-53)59-42-15-13-14-16-45(42)73(6,7)71/h13-16,19-24,29,32,34,39,43,49,66H,8-12,17-18,25-28,30-31,33H2,1-7H3,(H,56,69)(H,61,67)(H2,57,59,60,62)/t39-,43+,49-/m1/s1. The second kappa shape index (κ2) is 25.0. The van der Waals surface area contributed by atoms with Gasteiger partial charge in [0.15, 0.2) is 5.82 Å². The lowest BCUT2D eigenvalue weighted by Crippen LogP contribution is -2.57. The van der Waals surface area contributed by atoms with Gasteiger partial charge in [-0.05, 0) is 73.9 Å². The first-order valence-electron chi connectivity index (χ1n) is 25.3. The number of nitrogens with one attached hydrogen (secondary N) is 4. The number of aliphatic hydroxyl groups excluding tert-OH is 1. The average Bonchev–Trinajstić information content (AvgIpc) is 4.00. The number of aliphatic hydroxyl groups is 1. The number of likely N-dealkylation sites (tertiary alicyclic amines) is 1. The molecule has 0 saturated carbocycles. The molecule has 2 aromatic heterocycles. The number of nitrogens with zero attached hydrogens (tertiary/aromatic N) is 6. The van der Waals surface area contributed by atoms with Gasteiger partial charge in [0.05, 0.1) is 46.9 Å². The summed E-state index contributed by atoms with van der Waals surface area (Å²) >= 11 is 8.05. The second-order valence-electron chi connectivity index (χ2n) is 20.5. The van der Waals surface area contributed by atoms with Gasteiger partial charge < -0.3 is 50.4 Å². The summed E-state index contributed by atoms with van der Waals surface area (Å²) in [6.45, 7) is 13.9. The summed E-state index contributed by atoms with van der Waals surface area (Å²) in [5.41, 5.74) is 6.37. The molecular formula is C54H70ClN10O7PS. The molecule has 5 aromatic rings. The highest BCUT2D eigenvalue weighted by Gasteiger charge is 2.44. The number of thiazole rings is 1. The number of anilines is 5. The number of aryl methyl sites for hydroxylation is 1. The minimum Gasteiger partial charge on any atom is -0.494 e. The van der Waals surface area contributed by atoms with Gasteiger partial charge in [-0.3, -0.25) is 19.2 Å². The Balaban J connectivity index is 0.801. The van der Waals surface area contributed by atoms with Gasteiger partial charge in [-0.1, -0.05) is 88.0 Å². The molecule has 5 N–H and O–H groups in total. The molecule has 17 nitrogen and oxygen atoms in total. The number of carbonyl (C=O) groups is 4. The van der Waals surface area contributed by atoms with E-state index in [2.05, 4.69) is 41.1 Å². The Morgan fingerprint density at radius 1 is 0.905 bits per heavy atom. The zero-order valence-electron chi connectivity index (χ0n) is 43.5. The van der Waals surface area contributed by atoms with Crippen molar-refractivity contribution in [2.24, 2.45) is 5.41 Å². The smallest absolute Gasteiger partial charge is 0.246 e. The zero-order chi connectivity index (χ0) is 53.2. The summed E-state index contributed by atoms with van der Waals surface area (Å²) in [4.78, 5) is 74.0. The third kappa shape index (κ3) is 14.6. The lowest BCUT2D eigenvalue weighted by molar-refractivity contribution is -0.144. The quantitative estimate of drug-likeness (QED) is 0.0345. The van der Waals surface area contributed by atoms with Crippen molar-refractivity contribution >= 4 is 87.8 Å². The summed E-state index contributed by atoms with van der Waals surface area (Å²) < 4.78 is 18.7. The number of carbonyl (C=O) groups excluding carboxylic acids is 4. The second-order valence-corrected chi connectivity index (χ2v) is 24.9. The van der Waals surface area contributed by atoms with Crippen LogP contribution >= 0.6 is 30.1 Å². The van der Waals surface area contributed by atoms with E-state index in [1.165, 1.54) is 11.1 Å². The summed E-state index contributed by atoms with van der Waals surface area (Å²) in [6, 6.07) is 19.4. The van der Waals surface area contributed by atoms with Crippen LogP contribution < -0.4 is 36.2 Å². The fourth-order valence-electron chi connectivity index (χ4n) is 9.27. The Kier molecular flexibility index (Phi) is 18.8. The van der Waals surface area contributed by atoms with Crippen LogP contribution in [0.3, 0.4) is 0 Å². The van der Waals surface area contributed by atoms with Crippen LogP contribution in [0.2, 0.25) is 5.02 Å². The first-order valence-corrected chi connectivity index (χ1v) is 29.1. The van der Waals surface area contributed by atoms with Crippen LogP contribution in [-0.4, -0.2) is 125 Å². The minimum absolute atomic E-state index is 0.0112. The SMILES string of the molecule is COc1cc(N2CCN(C(=O)CCCCCCCC(=O)N[C@H](C(=O)N3C[C@H](O)C[C@H]3C(=O)NCc3ccc(-c4scnc4C)cc3)C(C)(C)C)CC2)ccc1Nc1ncc(Cl)c(Nc2ccccc2P(C)(C)=O)n1. The van der Waals surface area contributed by atoms with Gasteiger partial charge in [-0.25, -0.2) is 9.97 Å². The molecule has 0 aliphatic carbocycles. The fourth-order valence-corrected chi connectivity index (χ4v) is 11.4. The van der Waals surface area contributed by atoms with Crippen molar-refractivity contribution in [1.82, 2.24) is 35.4 Å². The Hall–Kier alpha value is -6.07. The Bertz CT molecular complexity index is 2810. The number of β-amino-alcohol motifs (C(OH)–C–C–N with tert-alkyl or cyclic N) is 1. The van der Waals surface area contributed by atoms with E-state index in [9.17, 15) is 28.8 Å². The van der Waals surface area contributed by atoms with Gasteiger partial charge in [-0.2, -0.15) is 4.98 Å². The van der Waals surface area contributed by atoms with Crippen LogP contribution in [0.15, 0.2) is 78.4 Å². The summed E-state index contributed by atoms with van der Waals surface area (Å²) in [6.07, 6.45) is 5.42. The van der Waals surface area contributed by atoms with Crippen LogP contribution in [0.5, 0.6) is 5.75 Å². The van der Waals surface area contributed by atoms with Crippen molar-refractivity contribution in [2.75, 3.05) is 68.7 Å². The summed E-state index contributed by atoms with van der Waals surface area (Å²) in [5, 5.41) is 24.0. The van der Waals surface area contributed by atoms with Gasteiger partial charge >= 0.3 is 0 Å². The highest BCUT2D eigenvalue weighted by atomic mass is 35.5. The van der Waals surface area contributed by atoms with E-state index in [4.69, 9.17) is 16.3 Å². The van der Waals surface area contributed by atoms with Crippen molar-refractivity contribution in [2.45, 2.75) is 104 Å². The van der Waals surface area contributed by atoms with Gasteiger partial charge in [0, 0.05) is 75.6 Å². The summed E-state index contributed by atoms with van der Waals surface area (Å²) in [5.74, 6) is 0.414. The molecule has 2 fully saturated rings. The highest BCUT2D eigenvalue weighted by Crippen LogP contribution is 2.39. The third-order valence-corrected chi connectivity index (χ3v) is 16.2. The number of hydrogen-bond acceptors (Lipinski definition) is 14. The topological polar surface area (TPSA) is 211 Å². The number of methoxy groups -OCH3 is 1. The molecule has 7 rings (SSSR count). The molecule has 2 aliphatic rings. The fraction of sp³-hybridized carbons (Fsp3) is 0.463. The van der Waals surface area contributed by atoms with Crippen molar-refractivity contribution in [3.05, 3.63) is 94.7 Å². The number of rotatable bonds is 21. The number of piperazine rings is 1. The van der Waals surface area contributed by atoms with Crippen LogP contribution in [-0.2, 0) is 30.3 Å². The summed E-state index contributed by atoms with van der Waals surface area (Å²) in [7, 11) is -0.978. The molecule has 0 bridgehead atoms. The molecule has 4 heterocycles. The number of ether oxygens (including phenoxy) is 1. The van der Waals surface area contributed by atoms with Crippen molar-refractivity contribution in [1.29, 1.82) is 0 Å². The van der Waals surface area contributed by atoms with E-state index in [1.807, 2.05) is 105 Å². The van der Waals surface area contributed by atoms with Crippen LogP contribution in [0.1, 0.15) is 83.4 Å². The third-order valence-electron chi connectivity index (χ3n) is 13.4. The largest absolute Gasteiger partial charge is 0.494 e. The minimum atomic E-state index is -2.58. The number of aromatic nitrogens is 3. The molecule has 2 saturated heterocycles. The van der Waals surface area contributed by atoms with Gasteiger partial charge in [0.25, 0.3) is 0 Å². The van der Waals surface area contributed by atoms with Crippen LogP contribution in [0.4, 0.5) is 28.8 Å². The number of halogens is 1. The number of amides is 4. The predicted octanol–water partition coefficient (Wildman–Crippen LogP) is 8.49. The molecule has 396 valence electrons. The van der Waals surface area contributed by atoms with E-state index in [0.717, 1.165) is 53.1 Å². The van der Waals surface area contributed by atoms with Crippen molar-refractivity contribution in [3.8, 4) is 16.2 Å². The van der Waals surface area contributed by atoms with Crippen molar-refractivity contribution in [3.63, 3.8) is 0 Å². The van der Waals surface area contributed by atoms with Gasteiger partial charge in [-0.15, -0.1) is 11.3 Å². The predicted molar refractivity (Wildman–Crippen MR) is 295 cm³/mol. The maximum absolute atomic E-state index is 14.1. The van der Waals surface area contributed by atoms with Crippen LogP contribution in [0.25, 0.3) is 10.4 Å². The molecule has 0 spiro atoms. The molecule has 74 heavy (non-hydrogen) atoms. The van der Waals surface area contributed by atoms with E-state index in [0.29, 0.717) is 78.2 Å². The first-order chi connectivity index (χ1) is 35.3. The Labute approximate surface area is 443 Å². The normalized spacial score (nSPS) is 16.4. The van der Waals surface area contributed by atoms with E-state index < -0.39 is 30.7 Å². The Morgan fingerprint density at radius 3 is 2.28 bits per heavy atom. The molecule has 20 heteroatoms. The molecule has 3 atom stereocenters. The van der Waals surface area contributed by atoms with Gasteiger partial charge in [0.2, 0.25) is 29.6 Å². The highest BCUT2D eigenvalue weighted by molar-refractivity contribution is 7.70. The molecular weight excluding hydrogens is 999 g/mol. The Morgan fingerprint density at radius 2 is 1.61 bits per heavy atom. The van der Waals surface area contributed by atoms with E-state index in [-0.39, 0.29) is 49.6 Å². The lowest BCUT2D eigenvalue weighted by Gasteiger charge is -2.36. The number of hydrogen-bond donors (Lipinski definition) is 5. The maximum Gasteiger partial charge on any atom is 0.246 e. The van der Waals surface area contributed by atoms with E-state index >= 15 is 0 Å². The van der Waals surface area contributed by atoms with E-state index in [1.54, 1.807) is 31.8 Å². The lowest BCUT2D eigenvalue weighted by atomic mass is 9.85. The first kappa shape index (κ1) is 55.7. The zero-order valence-corrected chi connectivity index (χ0v) is 45.9. The monoisotopic (exact) mass is 1070 g/mol. The molecule has 0 unspecified atom stereocenters. The van der Waals surface area contributed by atoms with Crippen LogP contribution in [0, 0.1) is 12.3 Å². The number of benzene rings is 3.